The summed E-state index contributed by atoms with van der Waals surface area (Å²) in [6.45, 7) is 0. The van der Waals surface area contributed by atoms with Crippen molar-refractivity contribution in [3.63, 3.8) is 0 Å². The summed E-state index contributed by atoms with van der Waals surface area (Å²) in [7, 11) is 0. The SMILES string of the molecule is NNC(=NC1CCCC1)c1ccoc1Br. The van der Waals surface area contributed by atoms with E-state index < -0.39 is 0 Å². The molecule has 0 saturated heterocycles. The lowest BCUT2D eigenvalue weighted by atomic mass is 10.2. The molecule has 0 radical (unpaired) electrons. The van der Waals surface area contributed by atoms with E-state index in [4.69, 9.17) is 10.3 Å². The highest BCUT2D eigenvalue weighted by molar-refractivity contribution is 9.10. The molecule has 0 amide bonds. The number of hydrogen-bond acceptors (Lipinski definition) is 3. The zero-order valence-electron chi connectivity index (χ0n) is 8.37. The Hall–Kier alpha value is -0.810. The maximum Gasteiger partial charge on any atom is 0.179 e. The van der Waals surface area contributed by atoms with Gasteiger partial charge >= 0.3 is 0 Å². The van der Waals surface area contributed by atoms with Gasteiger partial charge in [0.2, 0.25) is 0 Å². The average Bonchev–Trinajstić information content (AvgIpc) is 2.85. The molecule has 2 rings (SSSR count). The van der Waals surface area contributed by atoms with Crippen molar-refractivity contribution in [3.05, 3.63) is 22.6 Å². The van der Waals surface area contributed by atoms with Gasteiger partial charge in [0, 0.05) is 0 Å². The summed E-state index contributed by atoms with van der Waals surface area (Å²) < 4.78 is 5.82. The minimum atomic E-state index is 0.401. The van der Waals surface area contributed by atoms with E-state index in [1.54, 1.807) is 6.26 Å². The van der Waals surface area contributed by atoms with Crippen molar-refractivity contribution in [1.82, 2.24) is 5.43 Å². The summed E-state index contributed by atoms with van der Waals surface area (Å²) >= 11 is 3.31. The molecule has 1 aliphatic carbocycles. The lowest BCUT2D eigenvalue weighted by Crippen LogP contribution is -2.32. The molecular weight excluding hydrogens is 258 g/mol. The number of nitrogens with two attached hydrogens (primary N) is 1. The summed E-state index contributed by atoms with van der Waals surface area (Å²) in [5.41, 5.74) is 3.51. The average molecular weight is 272 g/mol. The van der Waals surface area contributed by atoms with Crippen LogP contribution in [0.15, 0.2) is 26.4 Å². The van der Waals surface area contributed by atoms with Crippen LogP contribution in [0.2, 0.25) is 0 Å². The number of rotatable bonds is 2. The molecule has 1 fully saturated rings. The second-order valence-corrected chi connectivity index (χ2v) is 4.39. The Morgan fingerprint density at radius 3 is 2.80 bits per heavy atom. The molecule has 0 spiro atoms. The van der Waals surface area contributed by atoms with E-state index in [1.807, 2.05) is 6.07 Å². The molecule has 0 bridgehead atoms. The highest BCUT2D eigenvalue weighted by atomic mass is 79.9. The van der Waals surface area contributed by atoms with Gasteiger partial charge in [0.15, 0.2) is 4.67 Å². The van der Waals surface area contributed by atoms with Crippen molar-refractivity contribution in [2.24, 2.45) is 10.8 Å². The molecule has 1 aliphatic rings. The zero-order chi connectivity index (χ0) is 10.7. The standard InChI is InChI=1S/C10H14BrN3O/c11-9-8(5-6-15-9)10(14-12)13-7-3-1-2-4-7/h5-7H,1-4,12H2,(H,13,14). The molecule has 1 aromatic heterocycles. The third-order valence-corrected chi connectivity index (χ3v) is 3.26. The van der Waals surface area contributed by atoms with Crippen molar-refractivity contribution in [2.45, 2.75) is 31.7 Å². The minimum Gasteiger partial charge on any atom is -0.457 e. The fraction of sp³-hybridized carbons (Fsp3) is 0.500. The molecule has 1 heterocycles. The first-order chi connectivity index (χ1) is 7.31. The summed E-state index contributed by atoms with van der Waals surface area (Å²) in [5.74, 6) is 6.16. The number of furan rings is 1. The number of nitrogens with one attached hydrogen (secondary N) is 1. The molecular formula is C10H14BrN3O. The molecule has 0 atom stereocenters. The van der Waals surface area contributed by atoms with E-state index in [2.05, 4.69) is 26.3 Å². The number of hydrogen-bond donors (Lipinski definition) is 2. The smallest absolute Gasteiger partial charge is 0.179 e. The van der Waals surface area contributed by atoms with E-state index in [1.165, 1.54) is 12.8 Å². The van der Waals surface area contributed by atoms with Gasteiger partial charge in [-0.3, -0.25) is 4.99 Å². The van der Waals surface area contributed by atoms with E-state index in [0.29, 0.717) is 16.5 Å². The van der Waals surface area contributed by atoms with Crippen LogP contribution in [0, 0.1) is 0 Å². The van der Waals surface area contributed by atoms with Crippen LogP contribution in [0.3, 0.4) is 0 Å². The van der Waals surface area contributed by atoms with Gasteiger partial charge in [-0.05, 0) is 34.8 Å². The van der Waals surface area contributed by atoms with Gasteiger partial charge < -0.3 is 9.84 Å². The van der Waals surface area contributed by atoms with Gasteiger partial charge in [-0.15, -0.1) is 0 Å². The number of nitrogens with zero attached hydrogens (tertiary/aromatic N) is 1. The summed E-state index contributed by atoms with van der Waals surface area (Å²) in [6, 6.07) is 2.25. The predicted octanol–water partition coefficient (Wildman–Crippen LogP) is 2.19. The van der Waals surface area contributed by atoms with E-state index in [-0.39, 0.29) is 0 Å². The van der Waals surface area contributed by atoms with Gasteiger partial charge in [-0.25, -0.2) is 5.84 Å². The molecule has 0 aromatic carbocycles. The monoisotopic (exact) mass is 271 g/mol. The Bertz CT molecular complexity index is 355. The van der Waals surface area contributed by atoms with E-state index >= 15 is 0 Å². The number of aliphatic imine (C=N–C) groups is 1. The quantitative estimate of drug-likeness (QED) is 0.375. The van der Waals surface area contributed by atoms with Crippen molar-refractivity contribution in [2.75, 3.05) is 0 Å². The van der Waals surface area contributed by atoms with Gasteiger partial charge in [0.25, 0.3) is 0 Å². The summed E-state index contributed by atoms with van der Waals surface area (Å²) in [6.07, 6.45) is 6.44. The Morgan fingerprint density at radius 2 is 2.27 bits per heavy atom. The van der Waals surface area contributed by atoms with Gasteiger partial charge in [0.1, 0.15) is 5.84 Å². The Labute approximate surface area is 97.0 Å². The predicted molar refractivity (Wildman–Crippen MR) is 62.5 cm³/mol. The summed E-state index contributed by atoms with van der Waals surface area (Å²) in [4.78, 5) is 4.59. The molecule has 0 unspecified atom stereocenters. The van der Waals surface area contributed by atoms with Crippen LogP contribution in [0.25, 0.3) is 0 Å². The van der Waals surface area contributed by atoms with Crippen molar-refractivity contribution < 1.29 is 4.42 Å². The molecule has 5 heteroatoms. The number of hydrazine groups is 1. The second kappa shape index (κ2) is 4.81. The largest absolute Gasteiger partial charge is 0.457 e. The van der Waals surface area contributed by atoms with Crippen LogP contribution in [-0.2, 0) is 0 Å². The minimum absolute atomic E-state index is 0.401. The van der Waals surface area contributed by atoms with Crippen LogP contribution >= 0.6 is 15.9 Å². The molecule has 0 aliphatic heterocycles. The molecule has 1 aromatic rings. The van der Waals surface area contributed by atoms with Crippen LogP contribution < -0.4 is 11.3 Å². The maximum absolute atomic E-state index is 5.47. The van der Waals surface area contributed by atoms with Crippen molar-refractivity contribution in [3.8, 4) is 0 Å². The Morgan fingerprint density at radius 1 is 1.53 bits per heavy atom. The molecule has 15 heavy (non-hydrogen) atoms. The number of halogens is 1. The van der Waals surface area contributed by atoms with Gasteiger partial charge in [-0.1, -0.05) is 12.8 Å². The number of amidine groups is 1. The van der Waals surface area contributed by atoms with Crippen LogP contribution in [-0.4, -0.2) is 11.9 Å². The van der Waals surface area contributed by atoms with Gasteiger partial charge in [0.05, 0.1) is 17.9 Å². The normalized spacial score (nSPS) is 18.4. The van der Waals surface area contributed by atoms with Crippen LogP contribution in [0.5, 0.6) is 0 Å². The fourth-order valence-electron chi connectivity index (χ4n) is 1.86. The second-order valence-electron chi connectivity index (χ2n) is 3.67. The van der Waals surface area contributed by atoms with E-state index in [9.17, 15) is 0 Å². The molecule has 3 N–H and O–H groups in total. The van der Waals surface area contributed by atoms with Crippen molar-refractivity contribution in [1.29, 1.82) is 0 Å². The highest BCUT2D eigenvalue weighted by Gasteiger charge is 2.16. The third kappa shape index (κ3) is 2.41. The first kappa shape index (κ1) is 10.7. The first-order valence-corrected chi connectivity index (χ1v) is 5.88. The topological polar surface area (TPSA) is 63.5 Å². The Kier molecular flexibility index (Phi) is 3.43. The highest BCUT2D eigenvalue weighted by Crippen LogP contribution is 2.23. The fourth-order valence-corrected chi connectivity index (χ4v) is 2.29. The third-order valence-electron chi connectivity index (χ3n) is 2.65. The Balaban J connectivity index is 2.19. The lowest BCUT2D eigenvalue weighted by Gasteiger charge is -2.07. The summed E-state index contributed by atoms with van der Waals surface area (Å²) in [5, 5.41) is 0. The lowest BCUT2D eigenvalue weighted by molar-refractivity contribution is 0.540. The maximum atomic E-state index is 5.47. The van der Waals surface area contributed by atoms with Gasteiger partial charge in [-0.2, -0.15) is 0 Å². The van der Waals surface area contributed by atoms with Crippen LogP contribution in [0.4, 0.5) is 0 Å². The van der Waals surface area contributed by atoms with Crippen molar-refractivity contribution >= 4 is 21.8 Å². The molecule has 4 nitrogen and oxygen atoms in total. The van der Waals surface area contributed by atoms with Crippen LogP contribution in [0.1, 0.15) is 31.2 Å². The first-order valence-electron chi connectivity index (χ1n) is 5.09. The zero-order valence-corrected chi connectivity index (χ0v) is 9.96. The molecule has 1 saturated carbocycles. The molecule has 82 valence electrons. The van der Waals surface area contributed by atoms with E-state index in [0.717, 1.165) is 18.4 Å².